The number of unbranched alkanes of at least 4 members (excludes halogenated alkanes) is 13. The summed E-state index contributed by atoms with van der Waals surface area (Å²) in [5.74, 6) is -1.03. The fraction of sp³-hybridized carbons (Fsp3) is 0.903. The van der Waals surface area contributed by atoms with Gasteiger partial charge in [-0.2, -0.15) is 0 Å². The van der Waals surface area contributed by atoms with Gasteiger partial charge in [0.05, 0.1) is 116 Å². The third-order valence-corrected chi connectivity index (χ3v) is 27.4. The summed E-state index contributed by atoms with van der Waals surface area (Å²) in [5.41, 5.74) is -0.826. The molecule has 4 rings (SSSR count). The van der Waals surface area contributed by atoms with Crippen LogP contribution in [-0.2, 0) is 99.9 Å². The molecule has 0 aromatic heterocycles. The number of amides is 4. The van der Waals surface area contributed by atoms with Gasteiger partial charge in [0.2, 0.25) is 17.7 Å². The lowest BCUT2D eigenvalue weighted by atomic mass is 9.75. The predicted octanol–water partition coefficient (Wildman–Crippen LogP) is 8.53. The quantitative estimate of drug-likeness (QED) is 0.0117. The van der Waals surface area contributed by atoms with E-state index in [0.717, 1.165) is 115 Å². The van der Waals surface area contributed by atoms with E-state index < -0.39 is 123 Å². The number of rotatable bonds is 75. The molecule has 0 bridgehead atoms. The van der Waals surface area contributed by atoms with E-state index in [1.54, 1.807) is 52.7 Å². The highest BCUT2D eigenvalue weighted by Crippen LogP contribution is 2.40. The van der Waals surface area contributed by atoms with E-state index in [4.69, 9.17) is 61.6 Å². The highest BCUT2D eigenvalue weighted by atomic mass is 33.1. The SMILES string of the molecule is CCC(=O)CC(CCCOC(=O)CCCCCCCNC(=O)CCCOC1OC(CO)C(O)C(O)C1C)(CCCOC(=O)CCCCCCCNC(=O)CCCOC1OC(CO)C(O)C(O)C1C)COC(=O)NCCCCCCCC(=O)CCCOC1OC(CO)C(O)C(O)C1C.CCOCCOCCSSC(C)(C)CCC(=O)CCCCC(=O)N1C[C@@H](OC)C[C@@H]1COC. The normalized spacial score (nSPS) is 24.4. The second-order valence-electron chi connectivity index (χ2n) is 35.6. The standard InChI is InChI=1S/C69H123N3O25.C24H45NO6S2/c1-5-50(76)42-69(46-94-68(88)72-36-20-14-6-9-15-26-51(77)27-21-37-91-65-47(2)59(82)62(85)52(43-73)95-65,32-24-40-89-57(80)30-16-10-7-12-18-34-70-55(78)28-22-38-92-66-48(3)60(83)63(86)53(44-74)96-66)33-25-41-90-58(81)31-17-11-8-13-19-35-71-56(79)29-23-39-93-67-49(4)61(84)64(87)54(45-75)97-67;1-6-30-13-14-31-15-16-32-33-24(2,3)12-11-21(26)9-7-8-10-23(27)25-18-22(29-5)17-20(25)19-28-4/h47-49,52-54,59-67,73-75,82-87H,5-46H2,1-4H3,(H,70,78)(H,71,79)(H,72,88);20,22H,6-19H2,1-5H3/t;20-,22+/m.1/s1. The van der Waals surface area contributed by atoms with Crippen LogP contribution in [0.25, 0.3) is 0 Å². The second kappa shape index (κ2) is 72.0. The highest BCUT2D eigenvalue weighted by Gasteiger charge is 2.46. The second-order valence-corrected chi connectivity index (χ2v) is 38.7. The van der Waals surface area contributed by atoms with Gasteiger partial charge in [0.25, 0.3) is 0 Å². The summed E-state index contributed by atoms with van der Waals surface area (Å²) < 4.78 is 72.3. The summed E-state index contributed by atoms with van der Waals surface area (Å²) in [6, 6.07) is 0.0910. The molecular weight excluding hydrogens is 1730 g/mol. The summed E-state index contributed by atoms with van der Waals surface area (Å²) in [5, 5.41) is 97.7. The number of likely N-dealkylation sites (tertiary alicyclic amines) is 1. The molecule has 0 aliphatic carbocycles. The van der Waals surface area contributed by atoms with Gasteiger partial charge in [-0.05, 0) is 130 Å². The molecule has 35 nitrogen and oxygen atoms in total. The van der Waals surface area contributed by atoms with Crippen LogP contribution in [0.1, 0.15) is 286 Å². The van der Waals surface area contributed by atoms with Crippen molar-refractivity contribution in [2.24, 2.45) is 23.2 Å². The topological polar surface area (TPSA) is 495 Å². The molecule has 17 atom stereocenters. The lowest BCUT2D eigenvalue weighted by Gasteiger charge is -2.40. The lowest BCUT2D eigenvalue weighted by molar-refractivity contribution is -0.282. The number of ether oxygens (including phenoxy) is 13. The minimum absolute atomic E-state index is 0.0319. The zero-order valence-corrected chi connectivity index (χ0v) is 81.3. The van der Waals surface area contributed by atoms with E-state index in [9.17, 15) is 89.1 Å². The number of carbonyl (C=O) groups is 9. The van der Waals surface area contributed by atoms with Crippen molar-refractivity contribution in [3.8, 4) is 0 Å². The number of ketones is 3. The fourth-order valence-corrected chi connectivity index (χ4v) is 18.2. The number of nitrogens with zero attached hydrogens (tertiary/aromatic N) is 1. The van der Waals surface area contributed by atoms with Crippen LogP contribution >= 0.6 is 21.6 Å². The molecule has 130 heavy (non-hydrogen) atoms. The molecule has 4 heterocycles. The Hall–Kier alpha value is -4.43. The van der Waals surface area contributed by atoms with Gasteiger partial charge in [0.15, 0.2) is 18.9 Å². The Balaban J connectivity index is 0.00000110. The molecule has 4 amide bonds. The van der Waals surface area contributed by atoms with Crippen LogP contribution in [0, 0.1) is 23.2 Å². The lowest BCUT2D eigenvalue weighted by Crippen LogP contribution is -2.55. The Morgan fingerprint density at radius 3 is 1.31 bits per heavy atom. The first-order valence-electron chi connectivity index (χ1n) is 48.2. The number of Topliss-reactive ketones (excluding diaryl/α,β-unsaturated/α-hetero) is 3. The maximum Gasteiger partial charge on any atom is 0.407 e. The van der Waals surface area contributed by atoms with Crippen LogP contribution in [0.3, 0.4) is 0 Å². The van der Waals surface area contributed by atoms with Crippen molar-refractivity contribution in [3.63, 3.8) is 0 Å². The molecule has 0 radical (unpaired) electrons. The molecule has 15 unspecified atom stereocenters. The van der Waals surface area contributed by atoms with Crippen LogP contribution in [0.5, 0.6) is 0 Å². The highest BCUT2D eigenvalue weighted by molar-refractivity contribution is 8.77. The van der Waals surface area contributed by atoms with E-state index in [1.807, 2.05) is 22.6 Å². The molecular formula is C93H168N4O31S2. The Morgan fingerprint density at radius 2 is 0.854 bits per heavy atom. The van der Waals surface area contributed by atoms with Gasteiger partial charge < -0.3 is 128 Å². The molecule has 4 fully saturated rings. The molecule has 4 aliphatic rings. The zero-order valence-electron chi connectivity index (χ0n) is 79.7. The fourth-order valence-electron chi connectivity index (χ4n) is 15.8. The average molecular weight is 1900 g/mol. The molecule has 4 aliphatic heterocycles. The first-order chi connectivity index (χ1) is 62.4. The third kappa shape index (κ3) is 51.7. The minimum Gasteiger partial charge on any atom is -0.466 e. The number of esters is 2. The monoisotopic (exact) mass is 1900 g/mol. The molecule has 0 saturated carbocycles. The Kier molecular flexibility index (Phi) is 66.3. The van der Waals surface area contributed by atoms with Crippen LogP contribution in [0.15, 0.2) is 0 Å². The molecule has 4 saturated heterocycles. The Labute approximate surface area is 780 Å². The van der Waals surface area contributed by atoms with Crippen molar-refractivity contribution < 1.29 is 151 Å². The van der Waals surface area contributed by atoms with E-state index in [1.165, 1.54) is 0 Å². The van der Waals surface area contributed by atoms with Gasteiger partial charge in [0, 0.05) is 151 Å². The summed E-state index contributed by atoms with van der Waals surface area (Å²) in [4.78, 5) is 116. The van der Waals surface area contributed by atoms with Gasteiger partial charge in [-0.1, -0.05) is 107 Å². The third-order valence-electron chi connectivity index (χ3n) is 24.1. The number of hydrogen-bond donors (Lipinski definition) is 12. The van der Waals surface area contributed by atoms with Gasteiger partial charge in [-0.3, -0.25) is 38.4 Å². The van der Waals surface area contributed by atoms with Crippen molar-refractivity contribution in [1.29, 1.82) is 0 Å². The molecule has 758 valence electrons. The van der Waals surface area contributed by atoms with Crippen LogP contribution in [-0.4, -0.2) is 333 Å². The van der Waals surface area contributed by atoms with Crippen molar-refractivity contribution in [1.82, 2.24) is 20.9 Å². The summed E-state index contributed by atoms with van der Waals surface area (Å²) in [6.45, 7) is 17.8. The molecule has 0 aromatic carbocycles. The van der Waals surface area contributed by atoms with Crippen molar-refractivity contribution >= 4 is 74.7 Å². The summed E-state index contributed by atoms with van der Waals surface area (Å²) >= 11 is 0. The number of carbonyl (C=O) groups excluding carboxylic acids is 9. The Morgan fingerprint density at radius 1 is 0.438 bits per heavy atom. The minimum atomic E-state index is -1.21. The maximum atomic E-state index is 13.2. The number of hydrogen-bond acceptors (Lipinski definition) is 33. The first-order valence-corrected chi connectivity index (χ1v) is 50.5. The number of nitrogens with one attached hydrogen (secondary N) is 3. The van der Waals surface area contributed by atoms with Gasteiger partial charge in [0.1, 0.15) is 54.0 Å². The first kappa shape index (κ1) is 120. The van der Waals surface area contributed by atoms with E-state index in [2.05, 4.69) is 29.8 Å². The van der Waals surface area contributed by atoms with E-state index >= 15 is 0 Å². The predicted molar refractivity (Wildman–Crippen MR) is 489 cm³/mol. The van der Waals surface area contributed by atoms with Gasteiger partial charge >= 0.3 is 18.0 Å². The van der Waals surface area contributed by atoms with Crippen LogP contribution in [0.4, 0.5) is 4.79 Å². The van der Waals surface area contributed by atoms with Gasteiger partial charge in [-0.15, -0.1) is 0 Å². The summed E-state index contributed by atoms with van der Waals surface area (Å²) in [7, 11) is 6.97. The average Bonchev–Trinajstić information content (AvgIpc) is 1.09. The van der Waals surface area contributed by atoms with Crippen molar-refractivity contribution in [2.75, 3.05) is 139 Å². The zero-order chi connectivity index (χ0) is 95.9. The Bertz CT molecular complexity index is 2950. The molecule has 12 N–H and O–H groups in total. The van der Waals surface area contributed by atoms with E-state index in [-0.39, 0.29) is 136 Å². The van der Waals surface area contributed by atoms with Crippen molar-refractivity contribution in [2.45, 2.75) is 377 Å². The number of methoxy groups -OCH3 is 2. The molecule has 37 heteroatoms. The molecule has 0 aromatic rings. The van der Waals surface area contributed by atoms with Crippen LogP contribution < -0.4 is 16.0 Å². The molecule has 0 spiro atoms. The van der Waals surface area contributed by atoms with Gasteiger partial charge in [-0.25, -0.2) is 4.79 Å². The number of alkyl carbamates (subject to hydrolysis) is 1. The maximum absolute atomic E-state index is 13.2. The smallest absolute Gasteiger partial charge is 0.407 e. The summed E-state index contributed by atoms with van der Waals surface area (Å²) in [6.07, 6.45) is 8.73. The largest absolute Gasteiger partial charge is 0.466 e. The number of aliphatic hydroxyl groups excluding tert-OH is 9. The van der Waals surface area contributed by atoms with Crippen molar-refractivity contribution in [3.05, 3.63) is 0 Å². The van der Waals surface area contributed by atoms with E-state index in [0.29, 0.717) is 155 Å². The number of aliphatic hydroxyl groups is 9. The van der Waals surface area contributed by atoms with Crippen LogP contribution in [0.2, 0.25) is 0 Å².